The summed E-state index contributed by atoms with van der Waals surface area (Å²) in [5.74, 6) is 2.04. The molecule has 1 atom stereocenters. The summed E-state index contributed by atoms with van der Waals surface area (Å²) >= 11 is 0. The lowest BCUT2D eigenvalue weighted by molar-refractivity contribution is 0.196. The molecule has 1 nitrogen and oxygen atoms in total. The van der Waals surface area contributed by atoms with E-state index >= 15 is 0 Å². The molecule has 0 radical (unpaired) electrons. The van der Waals surface area contributed by atoms with Gasteiger partial charge in [0, 0.05) is 11.5 Å². The van der Waals surface area contributed by atoms with Gasteiger partial charge in [-0.2, -0.15) is 0 Å². The minimum Gasteiger partial charge on any atom is -0.392 e. The lowest BCUT2D eigenvalue weighted by Crippen LogP contribution is -2.13. The summed E-state index contributed by atoms with van der Waals surface area (Å²) in [4.78, 5) is 0. The van der Waals surface area contributed by atoms with Crippen LogP contribution >= 0.6 is 21.6 Å². The summed E-state index contributed by atoms with van der Waals surface area (Å²) in [7, 11) is 3.62. The first-order valence-electron chi connectivity index (χ1n) is 2.32. The van der Waals surface area contributed by atoms with Gasteiger partial charge in [0.1, 0.15) is 0 Å². The van der Waals surface area contributed by atoms with Crippen molar-refractivity contribution in [2.24, 2.45) is 0 Å². The molecule has 1 saturated heterocycles. The number of hydrogen-bond acceptors (Lipinski definition) is 3. The molecule has 7 heavy (non-hydrogen) atoms. The zero-order valence-corrected chi connectivity index (χ0v) is 5.60. The fourth-order valence-corrected chi connectivity index (χ4v) is 2.76. The smallest absolute Gasteiger partial charge is 0.0647 e. The Bertz CT molecular complexity index is 51.7. The largest absolute Gasteiger partial charge is 0.392 e. The second-order valence-electron chi connectivity index (χ2n) is 1.55. The van der Waals surface area contributed by atoms with Crippen LogP contribution in [0.25, 0.3) is 0 Å². The molecule has 1 rings (SSSR count). The summed E-state index contributed by atoms with van der Waals surface area (Å²) < 4.78 is 0. The molecule has 1 heterocycles. The molecule has 1 aliphatic heterocycles. The topological polar surface area (TPSA) is 20.2 Å². The average Bonchev–Trinajstić information content (AvgIpc) is 1.69. The molecule has 0 saturated carbocycles. The Kier molecular flexibility index (Phi) is 2.35. The van der Waals surface area contributed by atoms with Gasteiger partial charge in [0.25, 0.3) is 0 Å². The molecule has 0 aromatic heterocycles. The third-order valence-electron chi connectivity index (χ3n) is 0.878. The predicted octanol–water partition coefficient (Wildman–Crippen LogP) is 1.13. The van der Waals surface area contributed by atoms with Crippen molar-refractivity contribution < 1.29 is 5.11 Å². The molecule has 1 aliphatic rings. The van der Waals surface area contributed by atoms with E-state index in [4.69, 9.17) is 5.11 Å². The van der Waals surface area contributed by atoms with Crippen LogP contribution in [0.5, 0.6) is 0 Å². The van der Waals surface area contributed by atoms with Gasteiger partial charge in [0.05, 0.1) is 6.10 Å². The summed E-state index contributed by atoms with van der Waals surface area (Å²) in [5, 5.41) is 8.88. The number of aliphatic hydroxyl groups is 1. The van der Waals surface area contributed by atoms with Crippen molar-refractivity contribution in [1.29, 1.82) is 0 Å². The first kappa shape index (κ1) is 5.79. The molecular formula is C4H8OS2. The second kappa shape index (κ2) is 2.84. The normalized spacial score (nSPS) is 33.0. The standard InChI is InChI=1S/C4H8OS2/c5-4-1-2-6-7-3-4/h4-5H,1-3H2. The maximum atomic E-state index is 8.88. The molecule has 0 aromatic carbocycles. The van der Waals surface area contributed by atoms with Crippen LogP contribution in [0.3, 0.4) is 0 Å². The Morgan fingerprint density at radius 2 is 2.29 bits per heavy atom. The van der Waals surface area contributed by atoms with Gasteiger partial charge in [-0.15, -0.1) is 0 Å². The fraction of sp³-hybridized carbons (Fsp3) is 1.00. The van der Waals surface area contributed by atoms with Crippen molar-refractivity contribution in [2.75, 3.05) is 11.5 Å². The van der Waals surface area contributed by atoms with E-state index in [1.54, 1.807) is 10.8 Å². The third-order valence-corrected chi connectivity index (χ3v) is 3.38. The van der Waals surface area contributed by atoms with Crippen molar-refractivity contribution in [1.82, 2.24) is 0 Å². The zero-order valence-electron chi connectivity index (χ0n) is 3.96. The van der Waals surface area contributed by atoms with Crippen LogP contribution in [0.2, 0.25) is 0 Å². The van der Waals surface area contributed by atoms with Gasteiger partial charge in [0.15, 0.2) is 0 Å². The van der Waals surface area contributed by atoms with E-state index in [9.17, 15) is 0 Å². The maximum Gasteiger partial charge on any atom is 0.0647 e. The molecule has 1 unspecified atom stereocenters. The third kappa shape index (κ3) is 1.93. The van der Waals surface area contributed by atoms with Gasteiger partial charge >= 0.3 is 0 Å². The predicted molar refractivity (Wildman–Crippen MR) is 35.5 cm³/mol. The Morgan fingerprint density at radius 3 is 2.57 bits per heavy atom. The van der Waals surface area contributed by atoms with Crippen LogP contribution in [0.15, 0.2) is 0 Å². The summed E-state index contributed by atoms with van der Waals surface area (Å²) in [6, 6.07) is 0. The minimum absolute atomic E-state index is 0.0220. The zero-order chi connectivity index (χ0) is 5.11. The first-order valence-corrected chi connectivity index (χ1v) is 4.81. The monoisotopic (exact) mass is 136 g/mol. The molecule has 1 N–H and O–H groups in total. The first-order chi connectivity index (χ1) is 3.39. The number of rotatable bonds is 0. The summed E-state index contributed by atoms with van der Waals surface area (Å²) in [5.41, 5.74) is 0. The molecule has 3 heteroatoms. The highest BCUT2D eigenvalue weighted by atomic mass is 33.1. The van der Waals surface area contributed by atoms with Gasteiger partial charge in [-0.1, -0.05) is 21.6 Å². The van der Waals surface area contributed by atoms with Gasteiger partial charge in [-0.3, -0.25) is 0 Å². The van der Waals surface area contributed by atoms with Crippen molar-refractivity contribution >= 4 is 21.6 Å². The molecule has 1 fully saturated rings. The van der Waals surface area contributed by atoms with Crippen LogP contribution in [-0.2, 0) is 0 Å². The van der Waals surface area contributed by atoms with E-state index in [2.05, 4.69) is 0 Å². The van der Waals surface area contributed by atoms with E-state index in [1.807, 2.05) is 10.8 Å². The molecule has 0 aromatic rings. The van der Waals surface area contributed by atoms with Crippen LogP contribution in [0, 0.1) is 0 Å². The van der Waals surface area contributed by atoms with Crippen molar-refractivity contribution in [2.45, 2.75) is 12.5 Å². The van der Waals surface area contributed by atoms with E-state index in [-0.39, 0.29) is 6.10 Å². The second-order valence-corrected chi connectivity index (χ2v) is 4.18. The van der Waals surface area contributed by atoms with Gasteiger partial charge in [0.2, 0.25) is 0 Å². The maximum absolute atomic E-state index is 8.88. The Labute approximate surface area is 51.3 Å². The lowest BCUT2D eigenvalue weighted by atomic mass is 10.3. The Hall–Kier alpha value is 0.660. The summed E-state index contributed by atoms with van der Waals surface area (Å²) in [6.45, 7) is 0. The van der Waals surface area contributed by atoms with Crippen LogP contribution in [0.1, 0.15) is 6.42 Å². The average molecular weight is 136 g/mol. The molecule has 0 aliphatic carbocycles. The van der Waals surface area contributed by atoms with Gasteiger partial charge in [-0.25, -0.2) is 0 Å². The van der Waals surface area contributed by atoms with E-state index in [0.29, 0.717) is 0 Å². The summed E-state index contributed by atoms with van der Waals surface area (Å²) in [6.07, 6.45) is 0.962. The van der Waals surface area contributed by atoms with Crippen LogP contribution in [-0.4, -0.2) is 22.7 Å². The van der Waals surface area contributed by atoms with E-state index in [0.717, 1.165) is 17.9 Å². The van der Waals surface area contributed by atoms with Crippen LogP contribution < -0.4 is 0 Å². The van der Waals surface area contributed by atoms with E-state index < -0.39 is 0 Å². The lowest BCUT2D eigenvalue weighted by Gasteiger charge is -2.13. The Morgan fingerprint density at radius 1 is 1.43 bits per heavy atom. The highest BCUT2D eigenvalue weighted by molar-refractivity contribution is 8.76. The fourth-order valence-electron chi connectivity index (χ4n) is 0.453. The number of hydrogen-bond donors (Lipinski definition) is 1. The number of aliphatic hydroxyl groups excluding tert-OH is 1. The quantitative estimate of drug-likeness (QED) is 0.504. The molecule has 42 valence electrons. The van der Waals surface area contributed by atoms with Gasteiger partial charge < -0.3 is 5.11 Å². The van der Waals surface area contributed by atoms with Crippen molar-refractivity contribution in [3.05, 3.63) is 0 Å². The van der Waals surface area contributed by atoms with Crippen LogP contribution in [0.4, 0.5) is 0 Å². The minimum atomic E-state index is -0.0220. The highest BCUT2D eigenvalue weighted by Crippen LogP contribution is 2.28. The molecule has 0 bridgehead atoms. The van der Waals surface area contributed by atoms with Gasteiger partial charge in [-0.05, 0) is 6.42 Å². The molecule has 0 spiro atoms. The van der Waals surface area contributed by atoms with Crippen molar-refractivity contribution in [3.8, 4) is 0 Å². The van der Waals surface area contributed by atoms with E-state index in [1.165, 1.54) is 0 Å². The molecular weight excluding hydrogens is 128 g/mol. The highest BCUT2D eigenvalue weighted by Gasteiger charge is 2.08. The van der Waals surface area contributed by atoms with Crippen molar-refractivity contribution in [3.63, 3.8) is 0 Å². The molecule has 0 amide bonds. The SMILES string of the molecule is OC1CCSSC1. The Balaban J connectivity index is 2.12.